The first-order chi connectivity index (χ1) is 14.0. The Morgan fingerprint density at radius 3 is 2.28 bits per heavy atom. The van der Waals surface area contributed by atoms with Gasteiger partial charge in [-0.05, 0) is 36.8 Å². The van der Waals surface area contributed by atoms with E-state index >= 15 is 0 Å². The minimum atomic E-state index is -1.11. The first-order valence-corrected chi connectivity index (χ1v) is 9.07. The maximum Gasteiger partial charge on any atom is 0.321 e. The van der Waals surface area contributed by atoms with E-state index in [1.54, 1.807) is 31.4 Å². The number of benzene rings is 2. The van der Waals surface area contributed by atoms with Gasteiger partial charge < -0.3 is 19.5 Å². The number of rotatable bonds is 9. The van der Waals surface area contributed by atoms with Crippen molar-refractivity contribution in [2.75, 3.05) is 13.7 Å². The Kier molecular flexibility index (Phi) is 8.50. The molecule has 154 valence electrons. The Morgan fingerprint density at radius 2 is 1.62 bits per heavy atom. The van der Waals surface area contributed by atoms with Gasteiger partial charge in [-0.2, -0.15) is 0 Å². The lowest BCUT2D eigenvalue weighted by Crippen LogP contribution is -2.44. The molecule has 0 aromatic heterocycles. The standard InChI is InChI=1S/C21H24N2O6/c1-15(20(25)23-21(26)22-14-16-6-4-3-5-7-16)29-19(24)12-13-28-18-10-8-17(27-2)9-11-18/h3-11,15H,12-14H2,1-2H3,(H2,22,23,25,26). The topological polar surface area (TPSA) is 103 Å². The second-order valence-electron chi connectivity index (χ2n) is 6.06. The molecule has 0 aliphatic carbocycles. The lowest BCUT2D eigenvalue weighted by atomic mass is 10.2. The highest BCUT2D eigenvalue weighted by Gasteiger charge is 2.19. The number of hydrogen-bond donors (Lipinski definition) is 2. The first-order valence-electron chi connectivity index (χ1n) is 9.07. The van der Waals surface area contributed by atoms with Crippen molar-refractivity contribution in [3.8, 4) is 11.5 Å². The highest BCUT2D eigenvalue weighted by molar-refractivity contribution is 5.97. The molecule has 0 aliphatic heterocycles. The molecule has 2 rings (SSSR count). The normalized spacial score (nSPS) is 11.1. The minimum absolute atomic E-state index is 0.0378. The van der Waals surface area contributed by atoms with Crippen LogP contribution >= 0.6 is 0 Å². The summed E-state index contributed by atoms with van der Waals surface area (Å²) >= 11 is 0. The quantitative estimate of drug-likeness (QED) is 0.627. The predicted octanol–water partition coefficient (Wildman–Crippen LogP) is 2.42. The highest BCUT2D eigenvalue weighted by Crippen LogP contribution is 2.17. The molecule has 8 nitrogen and oxygen atoms in total. The van der Waals surface area contributed by atoms with Crippen LogP contribution in [0.2, 0.25) is 0 Å². The molecule has 0 radical (unpaired) electrons. The zero-order valence-electron chi connectivity index (χ0n) is 16.3. The van der Waals surface area contributed by atoms with Gasteiger partial charge in [0.05, 0.1) is 20.1 Å². The third-order valence-electron chi connectivity index (χ3n) is 3.84. The van der Waals surface area contributed by atoms with Crippen LogP contribution in [-0.2, 0) is 20.9 Å². The molecule has 0 aliphatic rings. The molecule has 8 heteroatoms. The largest absolute Gasteiger partial charge is 0.497 e. The van der Waals surface area contributed by atoms with E-state index in [-0.39, 0.29) is 19.6 Å². The van der Waals surface area contributed by atoms with Gasteiger partial charge in [-0.15, -0.1) is 0 Å². The fourth-order valence-electron chi connectivity index (χ4n) is 2.27. The van der Waals surface area contributed by atoms with Gasteiger partial charge in [-0.1, -0.05) is 30.3 Å². The van der Waals surface area contributed by atoms with Crippen LogP contribution in [0.15, 0.2) is 54.6 Å². The van der Waals surface area contributed by atoms with Crippen LogP contribution < -0.4 is 20.1 Å². The second kappa shape index (κ2) is 11.3. The van der Waals surface area contributed by atoms with Gasteiger partial charge in [0, 0.05) is 6.54 Å². The van der Waals surface area contributed by atoms with E-state index in [1.165, 1.54) is 6.92 Å². The van der Waals surface area contributed by atoms with Gasteiger partial charge in [0.25, 0.3) is 5.91 Å². The molecule has 2 aromatic carbocycles. The average molecular weight is 400 g/mol. The van der Waals surface area contributed by atoms with E-state index in [1.807, 2.05) is 30.3 Å². The molecule has 3 amide bonds. The van der Waals surface area contributed by atoms with Crippen molar-refractivity contribution in [2.24, 2.45) is 0 Å². The number of carbonyl (C=O) groups excluding carboxylic acids is 3. The van der Waals surface area contributed by atoms with Gasteiger partial charge >= 0.3 is 12.0 Å². The Labute approximate surface area is 169 Å². The summed E-state index contributed by atoms with van der Waals surface area (Å²) in [6, 6.07) is 15.5. The van der Waals surface area contributed by atoms with Crippen LogP contribution in [0.4, 0.5) is 4.79 Å². The molecule has 0 heterocycles. The van der Waals surface area contributed by atoms with Crippen LogP contribution in [0.25, 0.3) is 0 Å². The van der Waals surface area contributed by atoms with E-state index in [0.717, 1.165) is 5.56 Å². The maximum absolute atomic E-state index is 12.0. The van der Waals surface area contributed by atoms with Crippen molar-refractivity contribution >= 4 is 17.9 Å². The molecule has 1 atom stereocenters. The molecule has 29 heavy (non-hydrogen) atoms. The third-order valence-corrected chi connectivity index (χ3v) is 3.84. The summed E-state index contributed by atoms with van der Waals surface area (Å²) in [5.74, 6) is -0.0327. The number of carbonyl (C=O) groups is 3. The molecule has 0 fully saturated rings. The van der Waals surface area contributed by atoms with Gasteiger partial charge in [0.15, 0.2) is 6.10 Å². The summed E-state index contributed by atoms with van der Waals surface area (Å²) in [6.45, 7) is 1.76. The van der Waals surface area contributed by atoms with Gasteiger partial charge in [-0.25, -0.2) is 4.79 Å². The Balaban J connectivity index is 1.65. The highest BCUT2D eigenvalue weighted by atomic mass is 16.6. The van der Waals surface area contributed by atoms with Gasteiger partial charge in [-0.3, -0.25) is 14.9 Å². The Hall–Kier alpha value is -3.55. The summed E-state index contributed by atoms with van der Waals surface area (Å²) in [4.78, 5) is 35.6. The SMILES string of the molecule is COc1ccc(OCCC(=O)OC(C)C(=O)NC(=O)NCc2ccccc2)cc1. The van der Waals surface area contributed by atoms with Gasteiger partial charge in [0.2, 0.25) is 0 Å². The van der Waals surface area contributed by atoms with E-state index in [9.17, 15) is 14.4 Å². The van der Waals surface area contributed by atoms with Crippen molar-refractivity contribution in [1.29, 1.82) is 0 Å². The fraction of sp³-hybridized carbons (Fsp3) is 0.286. The Bertz CT molecular complexity index is 808. The number of methoxy groups -OCH3 is 1. The van der Waals surface area contributed by atoms with Crippen LogP contribution in [-0.4, -0.2) is 37.7 Å². The van der Waals surface area contributed by atoms with Crippen LogP contribution in [0.1, 0.15) is 18.9 Å². The molecule has 2 N–H and O–H groups in total. The average Bonchev–Trinajstić information content (AvgIpc) is 2.73. The molecular formula is C21H24N2O6. The number of hydrogen-bond acceptors (Lipinski definition) is 6. The van der Waals surface area contributed by atoms with Crippen molar-refractivity contribution in [2.45, 2.75) is 26.0 Å². The maximum atomic E-state index is 12.0. The van der Waals surface area contributed by atoms with Gasteiger partial charge in [0.1, 0.15) is 11.5 Å². The second-order valence-corrected chi connectivity index (χ2v) is 6.06. The number of imide groups is 1. The molecule has 0 saturated heterocycles. The first kappa shape index (κ1) is 21.7. The van der Waals surface area contributed by atoms with Crippen molar-refractivity contribution in [1.82, 2.24) is 10.6 Å². The zero-order chi connectivity index (χ0) is 21.1. The molecule has 0 bridgehead atoms. The smallest absolute Gasteiger partial charge is 0.321 e. The predicted molar refractivity (Wildman–Crippen MR) is 105 cm³/mol. The number of nitrogens with one attached hydrogen (secondary N) is 2. The summed E-state index contributed by atoms with van der Waals surface area (Å²) in [6.07, 6.45) is -1.14. The van der Waals surface area contributed by atoms with E-state index in [0.29, 0.717) is 11.5 Å². The molecule has 0 saturated carbocycles. The summed E-state index contributed by atoms with van der Waals surface area (Å²) in [7, 11) is 1.57. The lowest BCUT2D eigenvalue weighted by Gasteiger charge is -2.13. The summed E-state index contributed by atoms with van der Waals surface area (Å²) in [5, 5.41) is 4.70. The van der Waals surface area contributed by atoms with Crippen LogP contribution in [0.5, 0.6) is 11.5 Å². The minimum Gasteiger partial charge on any atom is -0.497 e. The molecule has 2 aromatic rings. The number of amides is 3. The Morgan fingerprint density at radius 1 is 0.966 bits per heavy atom. The zero-order valence-corrected chi connectivity index (χ0v) is 16.3. The number of urea groups is 1. The van der Waals surface area contributed by atoms with Crippen molar-refractivity contribution in [3.05, 3.63) is 60.2 Å². The van der Waals surface area contributed by atoms with E-state index in [2.05, 4.69) is 10.6 Å². The molecular weight excluding hydrogens is 376 g/mol. The van der Waals surface area contributed by atoms with Crippen molar-refractivity contribution in [3.63, 3.8) is 0 Å². The van der Waals surface area contributed by atoms with Crippen LogP contribution in [0, 0.1) is 0 Å². The van der Waals surface area contributed by atoms with Crippen molar-refractivity contribution < 1.29 is 28.6 Å². The molecule has 0 spiro atoms. The van der Waals surface area contributed by atoms with E-state index in [4.69, 9.17) is 14.2 Å². The molecule has 1 unspecified atom stereocenters. The lowest BCUT2D eigenvalue weighted by molar-refractivity contribution is -0.154. The number of ether oxygens (including phenoxy) is 3. The van der Waals surface area contributed by atoms with E-state index < -0.39 is 24.0 Å². The van der Waals surface area contributed by atoms with Crippen LogP contribution in [0.3, 0.4) is 0 Å². The summed E-state index contributed by atoms with van der Waals surface area (Å²) in [5.41, 5.74) is 0.895. The third kappa shape index (κ3) is 7.92. The number of esters is 1. The fourth-order valence-corrected chi connectivity index (χ4v) is 2.27. The summed E-state index contributed by atoms with van der Waals surface area (Å²) < 4.78 is 15.5. The monoisotopic (exact) mass is 400 g/mol.